The third-order valence-corrected chi connectivity index (χ3v) is 1.80. The molecule has 0 aromatic heterocycles. The van der Waals surface area contributed by atoms with E-state index in [1.807, 2.05) is 0 Å². The summed E-state index contributed by atoms with van der Waals surface area (Å²) in [6.45, 7) is 0.673. The molecule has 0 aromatic carbocycles. The summed E-state index contributed by atoms with van der Waals surface area (Å²) < 4.78 is 4.75. The summed E-state index contributed by atoms with van der Waals surface area (Å²) in [6.07, 6.45) is 0.128. The van der Waals surface area contributed by atoms with E-state index in [0.717, 1.165) is 4.90 Å². The number of carbonyl (C=O) groups excluding carboxylic acids is 2. The minimum absolute atomic E-state index is 0.128. The van der Waals surface area contributed by atoms with Gasteiger partial charge in [0.15, 0.2) is 0 Å². The first-order valence-electron chi connectivity index (χ1n) is 3.75. The molecule has 1 atom stereocenters. The third-order valence-electron chi connectivity index (χ3n) is 1.80. The van der Waals surface area contributed by atoms with E-state index in [1.165, 1.54) is 7.11 Å². The number of likely N-dealkylation sites (tertiary alicyclic amines) is 1. The zero-order valence-corrected chi connectivity index (χ0v) is 6.95. The lowest BCUT2D eigenvalue weighted by atomic mass is 10.3. The van der Waals surface area contributed by atoms with Crippen molar-refractivity contribution in [1.29, 1.82) is 0 Å². The zero-order chi connectivity index (χ0) is 9.14. The molecule has 0 bridgehead atoms. The van der Waals surface area contributed by atoms with Crippen molar-refractivity contribution in [2.24, 2.45) is 5.73 Å². The molecule has 0 aliphatic carbocycles. The maximum atomic E-state index is 11.1. The summed E-state index contributed by atoms with van der Waals surface area (Å²) >= 11 is 0. The molecule has 0 aromatic rings. The molecular formula is C7H12N2O3. The molecule has 5 nitrogen and oxygen atoms in total. The number of imide groups is 1. The van der Waals surface area contributed by atoms with Gasteiger partial charge in [0.1, 0.15) is 0 Å². The monoisotopic (exact) mass is 172 g/mol. The van der Waals surface area contributed by atoms with E-state index in [-0.39, 0.29) is 18.2 Å². The highest BCUT2D eigenvalue weighted by atomic mass is 16.5. The van der Waals surface area contributed by atoms with E-state index in [9.17, 15) is 9.59 Å². The van der Waals surface area contributed by atoms with E-state index >= 15 is 0 Å². The number of amides is 2. The summed E-state index contributed by atoms with van der Waals surface area (Å²) in [4.78, 5) is 23.4. The van der Waals surface area contributed by atoms with Gasteiger partial charge in [-0.3, -0.25) is 14.5 Å². The van der Waals surface area contributed by atoms with Crippen molar-refractivity contribution < 1.29 is 14.3 Å². The van der Waals surface area contributed by atoms with E-state index in [2.05, 4.69) is 0 Å². The van der Waals surface area contributed by atoms with Crippen LogP contribution in [0.4, 0.5) is 0 Å². The number of carbonyl (C=O) groups is 2. The van der Waals surface area contributed by atoms with Crippen molar-refractivity contribution in [1.82, 2.24) is 4.90 Å². The van der Waals surface area contributed by atoms with Gasteiger partial charge in [-0.15, -0.1) is 0 Å². The molecular weight excluding hydrogens is 160 g/mol. The zero-order valence-electron chi connectivity index (χ0n) is 6.95. The first kappa shape index (κ1) is 9.15. The Morgan fingerprint density at radius 3 is 2.75 bits per heavy atom. The number of hydrogen-bond donors (Lipinski definition) is 1. The number of nitrogens with two attached hydrogens (primary N) is 1. The molecule has 0 saturated carbocycles. The van der Waals surface area contributed by atoms with Crippen molar-refractivity contribution >= 4 is 11.8 Å². The number of ether oxygens (including phenoxy) is 1. The fourth-order valence-electron chi connectivity index (χ4n) is 1.13. The Morgan fingerprint density at radius 1 is 1.67 bits per heavy atom. The Hall–Kier alpha value is -0.940. The van der Waals surface area contributed by atoms with Gasteiger partial charge in [-0.25, -0.2) is 0 Å². The lowest BCUT2D eigenvalue weighted by Gasteiger charge is -2.12. The molecule has 0 unspecified atom stereocenters. The molecule has 1 aliphatic heterocycles. The van der Waals surface area contributed by atoms with Crippen LogP contribution in [-0.4, -0.2) is 43.0 Å². The number of nitrogens with zero attached hydrogens (tertiary/aromatic N) is 1. The van der Waals surface area contributed by atoms with Crippen molar-refractivity contribution in [2.45, 2.75) is 12.5 Å². The molecule has 1 saturated heterocycles. The molecule has 2 N–H and O–H groups in total. The Labute approximate surface area is 70.5 Å². The van der Waals surface area contributed by atoms with Crippen molar-refractivity contribution in [3.05, 3.63) is 0 Å². The van der Waals surface area contributed by atoms with E-state index in [1.54, 1.807) is 0 Å². The maximum absolute atomic E-state index is 11.1. The van der Waals surface area contributed by atoms with E-state index in [4.69, 9.17) is 10.5 Å². The van der Waals surface area contributed by atoms with Gasteiger partial charge in [0, 0.05) is 7.11 Å². The first-order chi connectivity index (χ1) is 5.66. The molecule has 1 rings (SSSR count). The molecule has 0 spiro atoms. The van der Waals surface area contributed by atoms with Gasteiger partial charge in [-0.1, -0.05) is 0 Å². The summed E-state index contributed by atoms with van der Waals surface area (Å²) in [5, 5.41) is 0. The molecule has 1 heterocycles. The van der Waals surface area contributed by atoms with Crippen LogP contribution in [0.25, 0.3) is 0 Å². The second-order valence-corrected chi connectivity index (χ2v) is 2.69. The summed E-state index contributed by atoms with van der Waals surface area (Å²) in [5.41, 5.74) is 5.38. The molecule has 2 amide bonds. The van der Waals surface area contributed by atoms with E-state index < -0.39 is 6.04 Å². The molecule has 5 heteroatoms. The summed E-state index contributed by atoms with van der Waals surface area (Å²) in [5.74, 6) is -0.499. The normalized spacial score (nSPS) is 23.8. The lowest BCUT2D eigenvalue weighted by molar-refractivity contribution is -0.139. The first-order valence-corrected chi connectivity index (χ1v) is 3.75. The minimum atomic E-state index is -0.644. The Balaban J connectivity index is 2.52. The largest absolute Gasteiger partial charge is 0.383 e. The van der Waals surface area contributed by atoms with Crippen LogP contribution in [0.3, 0.4) is 0 Å². The quantitative estimate of drug-likeness (QED) is 0.538. The SMILES string of the molecule is COCCN1C(=O)C[C@@H](N)C1=O. The van der Waals surface area contributed by atoms with Gasteiger partial charge >= 0.3 is 0 Å². The van der Waals surface area contributed by atoms with Crippen molar-refractivity contribution in [3.63, 3.8) is 0 Å². The highest BCUT2D eigenvalue weighted by molar-refractivity contribution is 6.05. The molecule has 12 heavy (non-hydrogen) atoms. The van der Waals surface area contributed by atoms with Gasteiger partial charge in [-0.05, 0) is 0 Å². The van der Waals surface area contributed by atoms with Crippen molar-refractivity contribution in [2.75, 3.05) is 20.3 Å². The predicted octanol–water partition coefficient (Wildman–Crippen LogP) is -1.28. The van der Waals surface area contributed by atoms with Crippen LogP contribution >= 0.6 is 0 Å². The molecule has 68 valence electrons. The van der Waals surface area contributed by atoms with Crippen molar-refractivity contribution in [3.8, 4) is 0 Å². The second-order valence-electron chi connectivity index (χ2n) is 2.69. The van der Waals surface area contributed by atoms with Gasteiger partial charge in [0.05, 0.1) is 25.6 Å². The summed E-state index contributed by atoms with van der Waals surface area (Å²) in [6, 6.07) is -0.644. The average Bonchev–Trinajstić information content (AvgIpc) is 2.25. The van der Waals surface area contributed by atoms with Gasteiger partial charge in [-0.2, -0.15) is 0 Å². The van der Waals surface area contributed by atoms with E-state index in [0.29, 0.717) is 13.2 Å². The fourth-order valence-corrected chi connectivity index (χ4v) is 1.13. The number of methoxy groups -OCH3 is 1. The lowest BCUT2D eigenvalue weighted by Crippen LogP contribution is -2.37. The topological polar surface area (TPSA) is 72.6 Å². The smallest absolute Gasteiger partial charge is 0.246 e. The highest BCUT2D eigenvalue weighted by Crippen LogP contribution is 2.09. The molecule has 1 fully saturated rings. The second kappa shape index (κ2) is 3.64. The minimum Gasteiger partial charge on any atom is -0.383 e. The van der Waals surface area contributed by atoms with Crippen LogP contribution in [0, 0.1) is 0 Å². The standard InChI is InChI=1S/C7H12N2O3/c1-12-3-2-9-6(10)4-5(8)7(9)11/h5H,2-4,8H2,1H3/t5-/m1/s1. The van der Waals surface area contributed by atoms with Crippen LogP contribution in [0.2, 0.25) is 0 Å². The molecule has 1 aliphatic rings. The molecule has 0 radical (unpaired) electrons. The Morgan fingerprint density at radius 2 is 2.33 bits per heavy atom. The number of hydrogen-bond acceptors (Lipinski definition) is 4. The van der Waals surface area contributed by atoms with Crippen LogP contribution < -0.4 is 5.73 Å². The Bertz CT molecular complexity index is 205. The van der Waals surface area contributed by atoms with Gasteiger partial charge < -0.3 is 10.5 Å². The maximum Gasteiger partial charge on any atom is 0.246 e. The van der Waals surface area contributed by atoms with Crippen LogP contribution in [0.1, 0.15) is 6.42 Å². The van der Waals surface area contributed by atoms with Crippen LogP contribution in [0.15, 0.2) is 0 Å². The Kier molecular flexibility index (Phi) is 2.78. The highest BCUT2D eigenvalue weighted by Gasteiger charge is 2.35. The van der Waals surface area contributed by atoms with Gasteiger partial charge in [0.2, 0.25) is 11.8 Å². The summed E-state index contributed by atoms with van der Waals surface area (Å²) in [7, 11) is 1.52. The van der Waals surface area contributed by atoms with Gasteiger partial charge in [0.25, 0.3) is 0 Å². The average molecular weight is 172 g/mol. The third kappa shape index (κ3) is 1.62. The fraction of sp³-hybridized carbons (Fsp3) is 0.714. The number of rotatable bonds is 3. The van der Waals surface area contributed by atoms with Crippen LogP contribution in [-0.2, 0) is 14.3 Å². The van der Waals surface area contributed by atoms with Crippen LogP contribution in [0.5, 0.6) is 0 Å². The predicted molar refractivity (Wildman–Crippen MR) is 41.2 cm³/mol.